The normalized spacial score (nSPS) is 21.4. The summed E-state index contributed by atoms with van der Waals surface area (Å²) in [6.45, 7) is 1.98. The van der Waals surface area contributed by atoms with Crippen LogP contribution in [-0.2, 0) is 0 Å². The minimum atomic E-state index is -0.0945. The van der Waals surface area contributed by atoms with E-state index in [-0.39, 0.29) is 17.7 Å². The summed E-state index contributed by atoms with van der Waals surface area (Å²) >= 11 is 0. The molecule has 1 aliphatic heterocycles. The maximum absolute atomic E-state index is 12.7. The molecule has 0 aromatic heterocycles. The average Bonchev–Trinajstić information content (AvgIpc) is 3.24. The highest BCUT2D eigenvalue weighted by molar-refractivity contribution is 6.04. The fraction of sp³-hybridized carbons (Fsp3) is 0.192. The second kappa shape index (κ2) is 7.38. The lowest BCUT2D eigenvalue weighted by Crippen LogP contribution is -2.29. The van der Waals surface area contributed by atoms with Crippen LogP contribution in [0.3, 0.4) is 0 Å². The van der Waals surface area contributed by atoms with Gasteiger partial charge in [0.05, 0.1) is 6.04 Å². The number of amides is 1. The van der Waals surface area contributed by atoms with Crippen molar-refractivity contribution in [1.82, 2.24) is 0 Å². The van der Waals surface area contributed by atoms with Gasteiger partial charge in [0.1, 0.15) is 5.75 Å². The molecule has 30 heavy (non-hydrogen) atoms. The fourth-order valence-corrected chi connectivity index (χ4v) is 4.67. The Balaban J connectivity index is 1.43. The number of hydrogen-bond acceptors (Lipinski definition) is 3. The van der Waals surface area contributed by atoms with Crippen LogP contribution in [0.25, 0.3) is 0 Å². The number of aromatic hydroxyl groups is 1. The van der Waals surface area contributed by atoms with Gasteiger partial charge in [-0.1, -0.05) is 42.0 Å². The molecule has 0 bridgehead atoms. The Labute approximate surface area is 176 Å². The van der Waals surface area contributed by atoms with Gasteiger partial charge in [0.15, 0.2) is 0 Å². The van der Waals surface area contributed by atoms with Crippen molar-refractivity contribution in [2.75, 3.05) is 10.6 Å². The van der Waals surface area contributed by atoms with Gasteiger partial charge in [-0.05, 0) is 72.9 Å². The van der Waals surface area contributed by atoms with Crippen LogP contribution >= 0.6 is 0 Å². The summed E-state index contributed by atoms with van der Waals surface area (Å²) in [5, 5.41) is 16.4. The van der Waals surface area contributed by atoms with E-state index in [1.54, 1.807) is 12.1 Å². The van der Waals surface area contributed by atoms with Gasteiger partial charge in [-0.3, -0.25) is 4.79 Å². The first-order valence-corrected chi connectivity index (χ1v) is 10.3. The van der Waals surface area contributed by atoms with Crippen LogP contribution in [0.5, 0.6) is 5.75 Å². The van der Waals surface area contributed by atoms with E-state index in [9.17, 15) is 9.90 Å². The Bertz CT molecular complexity index is 1130. The van der Waals surface area contributed by atoms with E-state index >= 15 is 0 Å². The molecule has 1 heterocycles. The van der Waals surface area contributed by atoms with E-state index in [2.05, 4.69) is 34.9 Å². The van der Waals surface area contributed by atoms with Crippen molar-refractivity contribution in [1.29, 1.82) is 0 Å². The van der Waals surface area contributed by atoms with Crippen molar-refractivity contribution < 1.29 is 9.90 Å². The number of fused-ring (bicyclic) bond motifs is 3. The summed E-state index contributed by atoms with van der Waals surface area (Å²) in [6, 6.07) is 21.4. The first-order chi connectivity index (χ1) is 14.6. The molecule has 2 aliphatic rings. The number of carbonyl (C=O) groups is 1. The quantitative estimate of drug-likeness (QED) is 0.492. The van der Waals surface area contributed by atoms with Crippen LogP contribution in [0.2, 0.25) is 0 Å². The van der Waals surface area contributed by atoms with Gasteiger partial charge in [-0.2, -0.15) is 0 Å². The molecule has 3 aromatic rings. The number of hydrogen-bond donors (Lipinski definition) is 3. The number of rotatable bonds is 3. The molecular formula is C26H24N2O2. The average molecular weight is 396 g/mol. The topological polar surface area (TPSA) is 61.4 Å². The lowest BCUT2D eigenvalue weighted by atomic mass is 9.77. The summed E-state index contributed by atoms with van der Waals surface area (Å²) in [7, 11) is 0. The van der Waals surface area contributed by atoms with E-state index in [0.717, 1.165) is 23.4 Å². The number of phenols is 1. The van der Waals surface area contributed by atoms with Crippen molar-refractivity contribution in [2.45, 2.75) is 25.3 Å². The number of phenolic OH excluding ortho intramolecular Hbond substituents is 1. The van der Waals surface area contributed by atoms with E-state index in [4.69, 9.17) is 0 Å². The molecule has 3 unspecified atom stereocenters. The van der Waals surface area contributed by atoms with Crippen molar-refractivity contribution >= 4 is 17.3 Å². The number of allylic oxidation sites excluding steroid dienone is 2. The third kappa shape index (κ3) is 3.35. The van der Waals surface area contributed by atoms with E-state index < -0.39 is 0 Å². The van der Waals surface area contributed by atoms with Gasteiger partial charge in [0.2, 0.25) is 0 Å². The van der Waals surface area contributed by atoms with Gasteiger partial charge < -0.3 is 15.7 Å². The van der Waals surface area contributed by atoms with Crippen LogP contribution < -0.4 is 10.6 Å². The summed E-state index contributed by atoms with van der Waals surface area (Å²) < 4.78 is 0. The monoisotopic (exact) mass is 396 g/mol. The third-order valence-corrected chi connectivity index (χ3v) is 6.15. The maximum Gasteiger partial charge on any atom is 0.255 e. The Kier molecular flexibility index (Phi) is 4.55. The molecule has 3 atom stereocenters. The highest BCUT2D eigenvalue weighted by Crippen LogP contribution is 2.50. The first-order valence-electron chi connectivity index (χ1n) is 10.3. The minimum Gasteiger partial charge on any atom is -0.508 e. The lowest BCUT2D eigenvalue weighted by Gasteiger charge is -2.37. The predicted octanol–water partition coefficient (Wildman–Crippen LogP) is 5.78. The predicted molar refractivity (Wildman–Crippen MR) is 120 cm³/mol. The van der Waals surface area contributed by atoms with Crippen molar-refractivity contribution in [3.63, 3.8) is 0 Å². The molecule has 3 N–H and O–H groups in total. The molecule has 4 nitrogen and oxygen atoms in total. The molecule has 0 radical (unpaired) electrons. The molecule has 150 valence electrons. The number of benzene rings is 3. The Morgan fingerprint density at radius 1 is 1.07 bits per heavy atom. The number of carbonyl (C=O) groups excluding carboxylic acids is 1. The summed E-state index contributed by atoms with van der Waals surface area (Å²) in [5.41, 5.74) is 6.02. The molecule has 1 amide bonds. The summed E-state index contributed by atoms with van der Waals surface area (Å²) in [4.78, 5) is 12.7. The van der Waals surface area contributed by atoms with Crippen LogP contribution in [0.15, 0.2) is 78.9 Å². The van der Waals surface area contributed by atoms with Gasteiger partial charge in [0, 0.05) is 22.9 Å². The van der Waals surface area contributed by atoms with Crippen LogP contribution in [0.1, 0.15) is 45.4 Å². The number of aryl methyl sites for hydroxylation is 1. The Hall–Kier alpha value is -3.53. The molecule has 0 fully saturated rings. The van der Waals surface area contributed by atoms with Crippen LogP contribution in [0.4, 0.5) is 11.4 Å². The highest BCUT2D eigenvalue weighted by atomic mass is 16.3. The minimum absolute atomic E-state index is 0.0945. The summed E-state index contributed by atoms with van der Waals surface area (Å²) in [6.07, 6.45) is 5.53. The zero-order chi connectivity index (χ0) is 20.7. The Morgan fingerprint density at radius 2 is 1.90 bits per heavy atom. The lowest BCUT2D eigenvalue weighted by molar-refractivity contribution is 0.102. The molecule has 3 aromatic carbocycles. The smallest absolute Gasteiger partial charge is 0.255 e. The zero-order valence-corrected chi connectivity index (χ0v) is 16.8. The zero-order valence-electron chi connectivity index (χ0n) is 16.8. The van der Waals surface area contributed by atoms with E-state index in [1.165, 1.54) is 11.1 Å². The van der Waals surface area contributed by atoms with Gasteiger partial charge in [-0.15, -0.1) is 0 Å². The molecule has 0 saturated heterocycles. The van der Waals surface area contributed by atoms with Crippen molar-refractivity contribution in [3.8, 4) is 5.75 Å². The van der Waals surface area contributed by atoms with Gasteiger partial charge in [0.25, 0.3) is 5.91 Å². The molecule has 4 heteroatoms. The van der Waals surface area contributed by atoms with Crippen molar-refractivity contribution in [3.05, 3.63) is 101 Å². The third-order valence-electron chi connectivity index (χ3n) is 6.15. The molecule has 1 aliphatic carbocycles. The second-order valence-electron chi connectivity index (χ2n) is 8.19. The van der Waals surface area contributed by atoms with Crippen LogP contribution in [-0.4, -0.2) is 11.0 Å². The van der Waals surface area contributed by atoms with Gasteiger partial charge >= 0.3 is 0 Å². The molecule has 5 rings (SSSR count). The van der Waals surface area contributed by atoms with Crippen LogP contribution in [0, 0.1) is 12.8 Å². The largest absolute Gasteiger partial charge is 0.508 e. The fourth-order valence-electron chi connectivity index (χ4n) is 4.67. The number of anilines is 2. The van der Waals surface area contributed by atoms with Crippen molar-refractivity contribution in [2.24, 2.45) is 5.92 Å². The molecule has 0 spiro atoms. The SMILES string of the molecule is Cc1cccc(C(=O)Nc2ccc3c(c2)C2C=CCC2C(c2ccc(O)cc2)N3)c1. The summed E-state index contributed by atoms with van der Waals surface area (Å²) in [5.74, 6) is 0.897. The second-order valence-corrected chi connectivity index (χ2v) is 8.19. The number of nitrogens with one attached hydrogen (secondary N) is 2. The Morgan fingerprint density at radius 3 is 2.70 bits per heavy atom. The van der Waals surface area contributed by atoms with Gasteiger partial charge in [-0.25, -0.2) is 0 Å². The standard InChI is InChI=1S/C26H24N2O2/c1-16-4-2-5-18(14-16)26(30)27-19-10-13-24-23(15-19)21-6-3-7-22(21)25(28-24)17-8-11-20(29)12-9-17/h2-6,8-15,21-22,25,28-29H,7H2,1H3,(H,27,30). The molecule has 0 saturated carbocycles. The highest BCUT2D eigenvalue weighted by Gasteiger charge is 2.37. The maximum atomic E-state index is 12.7. The van der Waals surface area contributed by atoms with E-state index in [0.29, 0.717) is 17.4 Å². The van der Waals surface area contributed by atoms with E-state index in [1.807, 2.05) is 49.4 Å². The molecular weight excluding hydrogens is 372 g/mol. The first kappa shape index (κ1) is 18.5.